The zero-order valence-electron chi connectivity index (χ0n) is 16.0. The van der Waals surface area contributed by atoms with Gasteiger partial charge < -0.3 is 19.4 Å². The number of fused-ring (bicyclic) bond motifs is 1. The van der Waals surface area contributed by atoms with Gasteiger partial charge in [0.15, 0.2) is 0 Å². The molecule has 0 saturated heterocycles. The van der Waals surface area contributed by atoms with E-state index in [0.717, 1.165) is 29.6 Å². The van der Waals surface area contributed by atoms with E-state index in [-0.39, 0.29) is 7.12 Å². The number of ether oxygens (including phenoxy) is 1. The van der Waals surface area contributed by atoms with Crippen molar-refractivity contribution in [3.05, 3.63) is 41.5 Å². The quantitative estimate of drug-likeness (QED) is 0.571. The summed E-state index contributed by atoms with van der Waals surface area (Å²) >= 11 is 0. The van der Waals surface area contributed by atoms with Crippen molar-refractivity contribution in [1.29, 1.82) is 5.26 Å². The molecule has 1 aliphatic rings. The summed E-state index contributed by atoms with van der Waals surface area (Å²) < 4.78 is 16.6. The number of nitriles is 1. The fraction of sp³-hybridized carbons (Fsp3) is 0.400. The lowest BCUT2D eigenvalue weighted by Crippen LogP contribution is -2.30. The summed E-state index contributed by atoms with van der Waals surface area (Å²) in [5.41, 5.74) is 3.48. The maximum absolute atomic E-state index is 9.28. The molecule has 0 fully saturated rings. The van der Waals surface area contributed by atoms with Gasteiger partial charge in [-0.1, -0.05) is 19.9 Å². The largest absolute Gasteiger partial charge is 0.494 e. The number of hydrogen-bond acceptors (Lipinski definition) is 6. The number of nitrogens with zero attached hydrogens (tertiary/aromatic N) is 2. The molecular formula is C20H24BN3O3. The van der Waals surface area contributed by atoms with E-state index in [1.807, 2.05) is 18.2 Å². The molecular weight excluding hydrogens is 341 g/mol. The second-order valence-electron chi connectivity index (χ2n) is 6.96. The minimum absolute atomic E-state index is 0.298. The maximum Gasteiger partial charge on any atom is 0.494 e. The van der Waals surface area contributed by atoms with Crippen LogP contribution < -0.4 is 15.5 Å². The lowest BCUT2D eigenvalue weighted by atomic mass is 9.79. The number of rotatable bonds is 8. The maximum atomic E-state index is 9.28. The van der Waals surface area contributed by atoms with Crippen LogP contribution >= 0.6 is 0 Å². The van der Waals surface area contributed by atoms with Crippen molar-refractivity contribution in [2.24, 2.45) is 5.92 Å². The first-order valence-corrected chi connectivity index (χ1v) is 9.19. The molecule has 7 heteroatoms. The van der Waals surface area contributed by atoms with Crippen LogP contribution in [0.5, 0.6) is 5.88 Å². The number of anilines is 2. The van der Waals surface area contributed by atoms with E-state index in [1.54, 1.807) is 19.2 Å². The summed E-state index contributed by atoms with van der Waals surface area (Å²) in [5.74, 6) is 1.64. The first-order valence-electron chi connectivity index (χ1n) is 9.19. The van der Waals surface area contributed by atoms with Crippen molar-refractivity contribution in [3.63, 3.8) is 0 Å². The molecule has 2 aromatic rings. The highest BCUT2D eigenvalue weighted by Crippen LogP contribution is 2.23. The molecule has 0 atom stereocenters. The van der Waals surface area contributed by atoms with E-state index < -0.39 is 0 Å². The van der Waals surface area contributed by atoms with Crippen LogP contribution in [0.25, 0.3) is 0 Å². The summed E-state index contributed by atoms with van der Waals surface area (Å²) in [6.45, 7) is 5.44. The molecule has 2 heterocycles. The minimum atomic E-state index is -0.298. The number of hydrogen-bond donors (Lipinski definition) is 1. The molecule has 0 unspecified atom stereocenters. The summed E-state index contributed by atoms with van der Waals surface area (Å²) in [6, 6.07) is 11.6. The van der Waals surface area contributed by atoms with Gasteiger partial charge in [-0.25, -0.2) is 0 Å². The fourth-order valence-electron chi connectivity index (χ4n) is 3.00. The molecule has 0 saturated carbocycles. The number of aromatic nitrogens is 1. The summed E-state index contributed by atoms with van der Waals surface area (Å²) in [4.78, 5) is 4.47. The van der Waals surface area contributed by atoms with Gasteiger partial charge >= 0.3 is 7.12 Å². The first kappa shape index (κ1) is 19.2. The highest BCUT2D eigenvalue weighted by atomic mass is 16.6. The zero-order chi connectivity index (χ0) is 19.2. The van der Waals surface area contributed by atoms with Crippen LogP contribution in [0.3, 0.4) is 0 Å². The van der Waals surface area contributed by atoms with Crippen LogP contribution in [0.2, 0.25) is 0 Å². The number of pyridine rings is 1. The van der Waals surface area contributed by atoms with Gasteiger partial charge in [0.1, 0.15) is 17.5 Å². The lowest BCUT2D eigenvalue weighted by Gasteiger charge is -2.11. The minimum Gasteiger partial charge on any atom is -0.477 e. The monoisotopic (exact) mass is 365 g/mol. The average Bonchev–Trinajstić information content (AvgIpc) is 3.07. The van der Waals surface area contributed by atoms with E-state index in [9.17, 15) is 5.26 Å². The van der Waals surface area contributed by atoms with E-state index >= 15 is 0 Å². The van der Waals surface area contributed by atoms with E-state index in [0.29, 0.717) is 36.4 Å². The van der Waals surface area contributed by atoms with Crippen LogP contribution in [0.1, 0.15) is 37.8 Å². The van der Waals surface area contributed by atoms with E-state index in [4.69, 9.17) is 14.0 Å². The fourth-order valence-corrected chi connectivity index (χ4v) is 3.00. The molecule has 6 nitrogen and oxygen atoms in total. The Kier molecular flexibility index (Phi) is 6.33. The highest BCUT2D eigenvalue weighted by Gasteiger charge is 2.29. The molecule has 140 valence electrons. The van der Waals surface area contributed by atoms with Crippen LogP contribution in [0.15, 0.2) is 30.3 Å². The summed E-state index contributed by atoms with van der Waals surface area (Å²) in [6.07, 6.45) is 2.02. The van der Waals surface area contributed by atoms with Crippen LogP contribution in [-0.4, -0.2) is 25.8 Å². The Morgan fingerprint density at radius 3 is 2.93 bits per heavy atom. The Hall–Kier alpha value is -2.56. The van der Waals surface area contributed by atoms with Crippen molar-refractivity contribution < 1.29 is 14.0 Å². The van der Waals surface area contributed by atoms with Crippen LogP contribution in [0.4, 0.5) is 11.5 Å². The molecule has 0 bridgehead atoms. The topological polar surface area (TPSA) is 76.4 Å². The molecule has 0 spiro atoms. The third-order valence-corrected chi connectivity index (χ3v) is 4.42. The first-order chi connectivity index (χ1) is 13.1. The average molecular weight is 365 g/mol. The van der Waals surface area contributed by atoms with E-state index in [2.05, 4.69) is 30.2 Å². The van der Waals surface area contributed by atoms with Gasteiger partial charge in [-0.15, -0.1) is 0 Å². The molecule has 0 radical (unpaired) electrons. The number of benzene rings is 1. The van der Waals surface area contributed by atoms with Crippen molar-refractivity contribution >= 4 is 24.1 Å². The SMILES string of the molecule is COB1OCc2cc(Nc3ccc(C#N)c(OCCCC(C)C)n3)ccc21. The Morgan fingerprint density at radius 2 is 2.19 bits per heavy atom. The van der Waals surface area contributed by atoms with Crippen molar-refractivity contribution in [2.45, 2.75) is 33.3 Å². The smallest absolute Gasteiger partial charge is 0.477 e. The third-order valence-electron chi connectivity index (χ3n) is 4.42. The zero-order valence-corrected chi connectivity index (χ0v) is 16.0. The van der Waals surface area contributed by atoms with E-state index in [1.165, 1.54) is 0 Å². The molecule has 0 amide bonds. The lowest BCUT2D eigenvalue weighted by molar-refractivity contribution is 0.246. The van der Waals surface area contributed by atoms with Crippen molar-refractivity contribution in [2.75, 3.05) is 19.0 Å². The van der Waals surface area contributed by atoms with Gasteiger partial charge in [0, 0.05) is 12.8 Å². The highest BCUT2D eigenvalue weighted by molar-refractivity contribution is 6.62. The van der Waals surface area contributed by atoms with Crippen LogP contribution in [0, 0.1) is 17.2 Å². The Balaban J connectivity index is 1.70. The summed E-state index contributed by atoms with van der Waals surface area (Å²) in [5, 5.41) is 12.6. The Labute approximate surface area is 160 Å². The van der Waals surface area contributed by atoms with Gasteiger partial charge in [-0.05, 0) is 54.1 Å². The van der Waals surface area contributed by atoms with Gasteiger partial charge in [0.25, 0.3) is 0 Å². The molecule has 3 rings (SSSR count). The van der Waals surface area contributed by atoms with Crippen LogP contribution in [-0.2, 0) is 15.9 Å². The van der Waals surface area contributed by atoms with Gasteiger partial charge in [-0.3, -0.25) is 0 Å². The standard InChI is InChI=1S/C20H24BN3O3/c1-14(2)5-4-10-26-20-15(12-22)6-9-19(24-20)23-17-7-8-18-16(11-17)13-27-21(18)25-3/h6-9,11,14H,4-5,10,13H2,1-3H3,(H,23,24). The predicted octanol–water partition coefficient (Wildman–Crippen LogP) is 3.38. The molecule has 1 aliphatic heterocycles. The Morgan fingerprint density at radius 1 is 1.33 bits per heavy atom. The number of nitrogens with one attached hydrogen (secondary N) is 1. The van der Waals surface area contributed by atoms with Crippen molar-refractivity contribution in [3.8, 4) is 11.9 Å². The van der Waals surface area contributed by atoms with Gasteiger partial charge in [-0.2, -0.15) is 10.2 Å². The third kappa shape index (κ3) is 4.79. The summed E-state index contributed by atoms with van der Waals surface area (Å²) in [7, 11) is 1.34. The molecule has 27 heavy (non-hydrogen) atoms. The molecule has 1 aromatic heterocycles. The normalized spacial score (nSPS) is 12.8. The second-order valence-corrected chi connectivity index (χ2v) is 6.96. The molecule has 1 aromatic carbocycles. The Bertz CT molecular complexity index is 836. The second kappa shape index (κ2) is 8.89. The predicted molar refractivity (Wildman–Crippen MR) is 105 cm³/mol. The van der Waals surface area contributed by atoms with Gasteiger partial charge in [0.05, 0.1) is 13.2 Å². The molecule has 0 aliphatic carbocycles. The van der Waals surface area contributed by atoms with Crippen molar-refractivity contribution in [1.82, 2.24) is 4.98 Å². The molecule has 1 N–H and O–H groups in total. The van der Waals surface area contributed by atoms with Gasteiger partial charge in [0.2, 0.25) is 5.88 Å².